The molecule has 0 aliphatic rings. The van der Waals surface area contributed by atoms with Crippen LogP contribution in [0.25, 0.3) is 10.9 Å². The maximum atomic E-state index is 13.0. The van der Waals surface area contributed by atoms with Crippen LogP contribution in [-0.4, -0.2) is 9.97 Å². The highest BCUT2D eigenvalue weighted by molar-refractivity contribution is 5.92. The largest absolute Gasteiger partial charge is 0.416 e. The molecule has 4 rings (SSSR count). The molecule has 0 aliphatic heterocycles. The third-order valence-electron chi connectivity index (χ3n) is 4.09. The van der Waals surface area contributed by atoms with E-state index in [-0.39, 0.29) is 11.6 Å². The minimum atomic E-state index is -4.41. The molecule has 4 nitrogen and oxygen atoms in total. The van der Waals surface area contributed by atoms with Gasteiger partial charge in [-0.25, -0.2) is 4.98 Å². The van der Waals surface area contributed by atoms with Crippen molar-refractivity contribution in [2.75, 3.05) is 10.6 Å². The second-order valence-electron chi connectivity index (χ2n) is 6.11. The van der Waals surface area contributed by atoms with E-state index in [9.17, 15) is 13.2 Å². The number of aromatic nitrogens is 2. The number of nitrogens with one attached hydrogen (secondary N) is 2. The fourth-order valence-corrected chi connectivity index (χ4v) is 2.79. The Morgan fingerprint density at radius 1 is 0.679 bits per heavy atom. The van der Waals surface area contributed by atoms with Gasteiger partial charge in [-0.2, -0.15) is 18.2 Å². The molecule has 3 aromatic carbocycles. The van der Waals surface area contributed by atoms with Crippen molar-refractivity contribution in [3.63, 3.8) is 0 Å². The molecule has 0 aliphatic carbocycles. The lowest BCUT2D eigenvalue weighted by molar-refractivity contribution is -0.137. The van der Waals surface area contributed by atoms with Gasteiger partial charge in [-0.05, 0) is 42.5 Å². The molecular weight excluding hydrogens is 365 g/mol. The summed E-state index contributed by atoms with van der Waals surface area (Å²) < 4.78 is 38.9. The van der Waals surface area contributed by atoms with Crippen molar-refractivity contribution in [3.8, 4) is 0 Å². The number of fused-ring (bicyclic) bond motifs is 1. The van der Waals surface area contributed by atoms with Crippen molar-refractivity contribution in [2.24, 2.45) is 0 Å². The molecule has 0 bridgehead atoms. The SMILES string of the molecule is FC(F)(F)c1cccc(Nc2nc(Nc3ccccc3)c3ccccc3n2)c1. The molecular formula is C21H15F3N4. The molecule has 0 atom stereocenters. The summed E-state index contributed by atoms with van der Waals surface area (Å²) in [7, 11) is 0. The summed E-state index contributed by atoms with van der Waals surface area (Å²) in [6.45, 7) is 0. The zero-order valence-corrected chi connectivity index (χ0v) is 14.5. The van der Waals surface area contributed by atoms with E-state index in [1.807, 2.05) is 54.6 Å². The van der Waals surface area contributed by atoms with Crippen LogP contribution < -0.4 is 10.6 Å². The molecule has 0 amide bonds. The third kappa shape index (κ3) is 3.88. The topological polar surface area (TPSA) is 49.8 Å². The highest BCUT2D eigenvalue weighted by atomic mass is 19.4. The number of anilines is 4. The molecule has 0 fully saturated rings. The molecule has 7 heteroatoms. The van der Waals surface area contributed by atoms with E-state index >= 15 is 0 Å². The standard InChI is InChI=1S/C21H15F3N4/c22-21(23,24)14-7-6-10-16(13-14)26-20-27-18-12-5-4-11-17(18)19(28-20)25-15-8-2-1-3-9-15/h1-13H,(H2,25,26,27,28). The van der Waals surface area contributed by atoms with Crippen molar-refractivity contribution in [1.82, 2.24) is 9.97 Å². The van der Waals surface area contributed by atoms with E-state index in [1.54, 1.807) is 0 Å². The average Bonchev–Trinajstić information content (AvgIpc) is 2.68. The number of hydrogen-bond acceptors (Lipinski definition) is 4. The molecule has 1 aromatic heterocycles. The Kier molecular flexibility index (Phi) is 4.57. The molecule has 0 unspecified atom stereocenters. The van der Waals surface area contributed by atoms with Gasteiger partial charge in [0.2, 0.25) is 5.95 Å². The van der Waals surface area contributed by atoms with Crippen LogP contribution in [0, 0.1) is 0 Å². The summed E-state index contributed by atoms with van der Waals surface area (Å²) in [5, 5.41) is 6.92. The van der Waals surface area contributed by atoms with Crippen molar-refractivity contribution in [2.45, 2.75) is 6.18 Å². The molecule has 2 N–H and O–H groups in total. The van der Waals surface area contributed by atoms with Gasteiger partial charge in [-0.3, -0.25) is 0 Å². The van der Waals surface area contributed by atoms with E-state index < -0.39 is 11.7 Å². The van der Waals surface area contributed by atoms with E-state index in [2.05, 4.69) is 20.6 Å². The Labute approximate surface area is 159 Å². The quantitative estimate of drug-likeness (QED) is 0.447. The van der Waals surface area contributed by atoms with E-state index in [4.69, 9.17) is 0 Å². The Hall–Kier alpha value is -3.61. The summed E-state index contributed by atoms with van der Waals surface area (Å²) in [6.07, 6.45) is -4.41. The van der Waals surface area contributed by atoms with Gasteiger partial charge in [0.05, 0.1) is 11.1 Å². The number of hydrogen-bond donors (Lipinski definition) is 2. The predicted molar refractivity (Wildman–Crippen MR) is 104 cm³/mol. The first-order chi connectivity index (χ1) is 13.5. The smallest absolute Gasteiger partial charge is 0.340 e. The van der Waals surface area contributed by atoms with Crippen molar-refractivity contribution < 1.29 is 13.2 Å². The van der Waals surface area contributed by atoms with Gasteiger partial charge in [0.15, 0.2) is 0 Å². The van der Waals surface area contributed by atoms with Crippen LogP contribution in [-0.2, 0) is 6.18 Å². The van der Waals surface area contributed by atoms with E-state index in [0.717, 1.165) is 23.2 Å². The summed E-state index contributed by atoms with van der Waals surface area (Å²) >= 11 is 0. The first-order valence-corrected chi connectivity index (χ1v) is 8.52. The summed E-state index contributed by atoms with van der Waals surface area (Å²) in [6, 6.07) is 21.9. The fraction of sp³-hybridized carbons (Fsp3) is 0.0476. The first-order valence-electron chi connectivity index (χ1n) is 8.52. The molecule has 0 radical (unpaired) electrons. The Balaban J connectivity index is 1.72. The van der Waals surface area contributed by atoms with Gasteiger partial charge in [0, 0.05) is 16.8 Å². The van der Waals surface area contributed by atoms with Crippen molar-refractivity contribution >= 4 is 34.0 Å². The lowest BCUT2D eigenvalue weighted by Gasteiger charge is -2.13. The van der Waals surface area contributed by atoms with E-state index in [0.29, 0.717) is 11.3 Å². The molecule has 0 spiro atoms. The zero-order chi connectivity index (χ0) is 19.6. The van der Waals surface area contributed by atoms with Crippen LogP contribution in [0.2, 0.25) is 0 Å². The van der Waals surface area contributed by atoms with Crippen LogP contribution in [0.3, 0.4) is 0 Å². The van der Waals surface area contributed by atoms with Gasteiger partial charge in [-0.1, -0.05) is 36.4 Å². The maximum absolute atomic E-state index is 13.0. The lowest BCUT2D eigenvalue weighted by Crippen LogP contribution is -2.06. The van der Waals surface area contributed by atoms with Crippen LogP contribution in [0.4, 0.5) is 36.3 Å². The maximum Gasteiger partial charge on any atom is 0.416 e. The highest BCUT2D eigenvalue weighted by Crippen LogP contribution is 2.32. The molecule has 0 saturated heterocycles. The van der Waals surface area contributed by atoms with Crippen LogP contribution in [0.5, 0.6) is 0 Å². The molecule has 0 saturated carbocycles. The number of rotatable bonds is 4. The Bertz CT molecular complexity index is 1110. The molecule has 4 aromatic rings. The Morgan fingerprint density at radius 3 is 2.18 bits per heavy atom. The second-order valence-corrected chi connectivity index (χ2v) is 6.11. The number of para-hydroxylation sites is 2. The zero-order valence-electron chi connectivity index (χ0n) is 14.5. The minimum absolute atomic E-state index is 0.205. The summed E-state index contributed by atoms with van der Waals surface area (Å²) in [5.74, 6) is 0.766. The van der Waals surface area contributed by atoms with E-state index in [1.165, 1.54) is 12.1 Å². The van der Waals surface area contributed by atoms with Gasteiger partial charge in [0.1, 0.15) is 5.82 Å². The highest BCUT2D eigenvalue weighted by Gasteiger charge is 2.30. The normalized spacial score (nSPS) is 11.4. The molecule has 1 heterocycles. The molecule has 140 valence electrons. The van der Waals surface area contributed by atoms with Gasteiger partial charge < -0.3 is 10.6 Å². The second kappa shape index (κ2) is 7.19. The van der Waals surface area contributed by atoms with Crippen LogP contribution in [0.15, 0.2) is 78.9 Å². The summed E-state index contributed by atoms with van der Waals surface area (Å²) in [5.41, 5.74) is 1.04. The van der Waals surface area contributed by atoms with Gasteiger partial charge >= 0.3 is 6.18 Å². The minimum Gasteiger partial charge on any atom is -0.340 e. The van der Waals surface area contributed by atoms with Crippen LogP contribution >= 0.6 is 0 Å². The lowest BCUT2D eigenvalue weighted by atomic mass is 10.2. The molecule has 28 heavy (non-hydrogen) atoms. The number of benzene rings is 3. The van der Waals surface area contributed by atoms with Crippen LogP contribution in [0.1, 0.15) is 5.56 Å². The number of nitrogens with zero attached hydrogens (tertiary/aromatic N) is 2. The van der Waals surface area contributed by atoms with Gasteiger partial charge in [0.25, 0.3) is 0 Å². The monoisotopic (exact) mass is 380 g/mol. The fourth-order valence-electron chi connectivity index (χ4n) is 2.79. The van der Waals surface area contributed by atoms with Gasteiger partial charge in [-0.15, -0.1) is 0 Å². The number of alkyl halides is 3. The van der Waals surface area contributed by atoms with Crippen molar-refractivity contribution in [1.29, 1.82) is 0 Å². The Morgan fingerprint density at radius 2 is 1.39 bits per heavy atom. The predicted octanol–water partition coefficient (Wildman–Crippen LogP) is 6.14. The summed E-state index contributed by atoms with van der Waals surface area (Å²) in [4.78, 5) is 8.89. The van der Waals surface area contributed by atoms with Crippen molar-refractivity contribution in [3.05, 3.63) is 84.4 Å². The average molecular weight is 380 g/mol. The third-order valence-corrected chi connectivity index (χ3v) is 4.09. The number of halogens is 3. The first kappa shape index (κ1) is 17.8.